The third-order valence-corrected chi connectivity index (χ3v) is 2.72. The Morgan fingerprint density at radius 3 is 1.89 bits per heavy atom. The molecule has 0 radical (unpaired) electrons. The normalized spacial score (nSPS) is 16.6. The van der Waals surface area contributed by atoms with Gasteiger partial charge in [-0.25, -0.2) is 0 Å². The van der Waals surface area contributed by atoms with Crippen molar-refractivity contribution in [3.05, 3.63) is 0 Å². The third-order valence-electron chi connectivity index (χ3n) is 2.10. The minimum absolute atomic E-state index is 0. The number of nitrogens with zero attached hydrogens (tertiary/aromatic N) is 1. The topological polar surface area (TPSA) is 136 Å². The zero-order chi connectivity index (χ0) is 12.9. The fourth-order valence-electron chi connectivity index (χ4n) is 1.03. The van der Waals surface area contributed by atoms with Crippen LogP contribution in [0.3, 0.4) is 0 Å². The van der Waals surface area contributed by atoms with E-state index in [9.17, 15) is 15.3 Å². The van der Waals surface area contributed by atoms with Crippen molar-refractivity contribution in [1.29, 1.82) is 0 Å². The van der Waals surface area contributed by atoms with Crippen molar-refractivity contribution in [1.82, 2.24) is 4.90 Å². The minimum atomic E-state index is -1.63. The van der Waals surface area contributed by atoms with Crippen molar-refractivity contribution in [3.63, 3.8) is 0 Å². The Morgan fingerprint density at radius 2 is 1.56 bits per heavy atom. The molecule has 104 valence electrons. The molecule has 0 saturated carbocycles. The maximum atomic E-state index is 9.50. The molecule has 18 heavy (non-hydrogen) atoms. The summed E-state index contributed by atoms with van der Waals surface area (Å²) < 4.78 is 0.114. The summed E-state index contributed by atoms with van der Waals surface area (Å²) >= 11 is 9.32. The fourth-order valence-corrected chi connectivity index (χ4v) is 1.18. The molecule has 0 aliphatic rings. The Morgan fingerprint density at radius 1 is 1.17 bits per heavy atom. The number of hydrogen-bond donors (Lipinski definition) is 5. The van der Waals surface area contributed by atoms with Gasteiger partial charge in [0, 0.05) is 13.6 Å². The first-order chi connectivity index (χ1) is 7.31. The fraction of sp³-hybridized carbons (Fsp3) is 0.875. The Bertz CT molecular complexity index is 238. The first-order valence-electron chi connectivity index (χ1n) is 4.56. The van der Waals surface area contributed by atoms with Gasteiger partial charge in [-0.2, -0.15) is 0 Å². The maximum absolute atomic E-state index is 9.50. The Labute approximate surface area is 138 Å². The van der Waals surface area contributed by atoms with Crippen LogP contribution < -0.4 is 29.6 Å². The van der Waals surface area contributed by atoms with Crippen LogP contribution in [0, 0.1) is 0 Å². The van der Waals surface area contributed by atoms with Crippen molar-refractivity contribution < 1.29 is 60.6 Å². The smallest absolute Gasteiger partial charge is 0.412 e. The number of rotatable bonds is 6. The molecule has 10 heteroatoms. The predicted molar refractivity (Wildman–Crippen MR) is 67.3 cm³/mol. The van der Waals surface area contributed by atoms with Gasteiger partial charge in [-0.1, -0.05) is 4.32 Å². The molecule has 0 saturated heterocycles. The summed E-state index contributed by atoms with van der Waals surface area (Å²) in [6.45, 7) is -0.779. The van der Waals surface area contributed by atoms with Crippen molar-refractivity contribution >= 4 is 29.2 Å². The van der Waals surface area contributed by atoms with Crippen LogP contribution in [0.25, 0.3) is 0 Å². The summed E-state index contributed by atoms with van der Waals surface area (Å²) in [5.41, 5.74) is 0. The van der Waals surface area contributed by atoms with Crippen LogP contribution in [0.5, 0.6) is 0 Å². The van der Waals surface area contributed by atoms with Crippen LogP contribution in [0.1, 0.15) is 0 Å². The van der Waals surface area contributed by atoms with Gasteiger partial charge in [0.1, 0.15) is 18.3 Å². The predicted octanol–water partition coefficient (Wildman–Crippen LogP) is -6.63. The number of hydrogen-bond acceptors (Lipinski definition) is 7. The third kappa shape index (κ3) is 8.12. The first kappa shape index (κ1) is 23.9. The largest absolute Gasteiger partial charge is 1.00 e. The van der Waals surface area contributed by atoms with Crippen molar-refractivity contribution in [2.45, 2.75) is 24.4 Å². The van der Waals surface area contributed by atoms with Gasteiger partial charge >= 0.3 is 29.6 Å². The molecule has 0 amide bonds. The molecule has 7 N–H and O–H groups in total. The van der Waals surface area contributed by atoms with Gasteiger partial charge in [0.25, 0.3) is 0 Å². The molecular formula is C8H18NNaO6S2. The monoisotopic (exact) mass is 311 g/mol. The molecule has 0 heterocycles. The van der Waals surface area contributed by atoms with Gasteiger partial charge < -0.3 is 60.8 Å². The van der Waals surface area contributed by atoms with Crippen LogP contribution in [-0.2, 0) is 12.6 Å². The number of likely N-dealkylation sites (N-methyl/N-ethyl adjacent to an activating group) is 1. The van der Waals surface area contributed by atoms with Gasteiger partial charge in [0.2, 0.25) is 0 Å². The zero-order valence-electron chi connectivity index (χ0n) is 10.2. The molecule has 7 nitrogen and oxygen atoms in total. The van der Waals surface area contributed by atoms with E-state index >= 15 is 0 Å². The van der Waals surface area contributed by atoms with E-state index < -0.39 is 31.0 Å². The van der Waals surface area contributed by atoms with Gasteiger partial charge in [0.05, 0.1) is 12.7 Å². The van der Waals surface area contributed by atoms with Crippen LogP contribution in [0.15, 0.2) is 0 Å². The van der Waals surface area contributed by atoms with E-state index in [2.05, 4.69) is 24.8 Å². The molecule has 0 aliphatic carbocycles. The van der Waals surface area contributed by atoms with E-state index in [1.807, 2.05) is 0 Å². The SMILES string of the molecule is CN(C[C@H](O)[C@@H](O)[C@H](O)[C@H](O)CO)C(=S)[S-].O.[Na+]. The van der Waals surface area contributed by atoms with Gasteiger partial charge in [-0.3, -0.25) is 0 Å². The number of thiocarbonyl (C=S) groups is 1. The average molecular weight is 311 g/mol. The molecule has 0 bridgehead atoms. The summed E-state index contributed by atoms with van der Waals surface area (Å²) in [7, 11) is 1.53. The quantitative estimate of drug-likeness (QED) is 0.186. The van der Waals surface area contributed by atoms with Crippen LogP contribution in [0.4, 0.5) is 0 Å². The molecule has 0 unspecified atom stereocenters. The second-order valence-corrected chi connectivity index (χ2v) is 4.48. The molecule has 0 aromatic carbocycles. The molecule has 4 atom stereocenters. The molecule has 0 aliphatic heterocycles. The molecule has 0 aromatic rings. The van der Waals surface area contributed by atoms with E-state index in [0.717, 1.165) is 0 Å². The summed E-state index contributed by atoms with van der Waals surface area (Å²) in [6, 6.07) is 0. The van der Waals surface area contributed by atoms with Gasteiger partial charge in [0.15, 0.2) is 0 Å². The van der Waals surface area contributed by atoms with E-state index in [0.29, 0.717) is 0 Å². The van der Waals surface area contributed by atoms with Crippen LogP contribution >= 0.6 is 12.2 Å². The van der Waals surface area contributed by atoms with E-state index in [1.54, 1.807) is 0 Å². The molecule has 0 fully saturated rings. The zero-order valence-corrected chi connectivity index (χ0v) is 13.9. The molecule has 0 spiro atoms. The summed E-state index contributed by atoms with van der Waals surface area (Å²) in [4.78, 5) is 1.34. The summed E-state index contributed by atoms with van der Waals surface area (Å²) in [5, 5.41) is 45.9. The minimum Gasteiger partial charge on any atom is -0.412 e. The van der Waals surface area contributed by atoms with E-state index in [1.165, 1.54) is 11.9 Å². The summed E-state index contributed by atoms with van der Waals surface area (Å²) in [6.07, 6.45) is -6.06. The second-order valence-electron chi connectivity index (χ2n) is 3.44. The Hall–Kier alpha value is 0.870. The molecular weight excluding hydrogens is 293 g/mol. The molecule has 0 aromatic heterocycles. The Kier molecular flexibility index (Phi) is 15.5. The maximum Gasteiger partial charge on any atom is 1.00 e. The van der Waals surface area contributed by atoms with E-state index in [4.69, 9.17) is 10.2 Å². The van der Waals surface area contributed by atoms with Gasteiger partial charge in [-0.15, -0.1) is 0 Å². The van der Waals surface area contributed by atoms with Crippen molar-refractivity contribution in [2.24, 2.45) is 0 Å². The molecule has 0 rings (SSSR count). The standard InChI is InChI=1S/C8H17NO5S2.Na.H2O/c1-9(8(15)16)2-4(11)6(13)7(14)5(12)3-10;;/h4-7,10-14H,2-3H2,1H3,(H,15,16);;1H2/q;+1;/p-1/t4-,5+,6+,7+;;/m0../s1. The number of aliphatic hydroxyl groups excluding tert-OH is 5. The number of aliphatic hydroxyl groups is 5. The van der Waals surface area contributed by atoms with Crippen molar-refractivity contribution in [3.8, 4) is 0 Å². The Balaban J connectivity index is -0.00000112. The van der Waals surface area contributed by atoms with Crippen LogP contribution in [0.2, 0.25) is 0 Å². The van der Waals surface area contributed by atoms with Crippen LogP contribution in [-0.4, -0.2) is 84.8 Å². The van der Waals surface area contributed by atoms with E-state index in [-0.39, 0.29) is 45.9 Å². The van der Waals surface area contributed by atoms with Crippen molar-refractivity contribution in [2.75, 3.05) is 20.2 Å². The first-order valence-corrected chi connectivity index (χ1v) is 5.38. The average Bonchev–Trinajstić information content (AvgIpc) is 2.25. The second kappa shape index (κ2) is 11.7. The summed E-state index contributed by atoms with van der Waals surface area (Å²) in [5.74, 6) is 0. The van der Waals surface area contributed by atoms with Gasteiger partial charge in [-0.05, 0) is 0 Å².